The number of pyridine rings is 1. The number of nitrogens with two attached hydrogens (primary N) is 1. The van der Waals surface area contributed by atoms with E-state index in [1.54, 1.807) is 11.1 Å². The molecule has 2 fully saturated rings. The van der Waals surface area contributed by atoms with E-state index >= 15 is 0 Å². The third kappa shape index (κ3) is 6.56. The number of hydrogen-bond donors (Lipinski definition) is 1. The number of aromatic nitrogens is 3. The van der Waals surface area contributed by atoms with Gasteiger partial charge in [-0.1, -0.05) is 5.16 Å². The van der Waals surface area contributed by atoms with Gasteiger partial charge in [0, 0.05) is 44.3 Å². The van der Waals surface area contributed by atoms with Crippen LogP contribution >= 0.6 is 0 Å². The summed E-state index contributed by atoms with van der Waals surface area (Å²) in [5.74, 6) is 0.323. The molecule has 0 aliphatic carbocycles. The van der Waals surface area contributed by atoms with Gasteiger partial charge in [0.2, 0.25) is 0 Å². The molecule has 3 aromatic rings. The van der Waals surface area contributed by atoms with Gasteiger partial charge in [0.15, 0.2) is 5.82 Å². The summed E-state index contributed by atoms with van der Waals surface area (Å²) in [4.78, 5) is 24.7. The summed E-state index contributed by atoms with van der Waals surface area (Å²) in [5.41, 5.74) is 7.36. The predicted octanol–water partition coefficient (Wildman–Crippen LogP) is 4.26. The number of carbonyl (C=O) groups is 1. The van der Waals surface area contributed by atoms with Gasteiger partial charge in [-0.3, -0.25) is 0 Å². The van der Waals surface area contributed by atoms with Crippen molar-refractivity contribution in [1.82, 2.24) is 20.0 Å². The Hall–Kier alpha value is -3.64. The second-order valence-electron chi connectivity index (χ2n) is 10.5. The predicted molar refractivity (Wildman–Crippen MR) is 142 cm³/mol. The minimum Gasteiger partial charge on any atom is -0.447 e. The minimum absolute atomic E-state index is 0.00100. The Kier molecular flexibility index (Phi) is 8.55. The molecule has 2 saturated heterocycles. The number of rotatable bonds is 7. The molecule has 214 valence electrons. The number of likely N-dealkylation sites (tertiary alicyclic amines) is 1. The van der Waals surface area contributed by atoms with E-state index in [4.69, 9.17) is 19.7 Å². The fourth-order valence-electron chi connectivity index (χ4n) is 5.18. The van der Waals surface area contributed by atoms with E-state index < -0.39 is 11.6 Å². The van der Waals surface area contributed by atoms with Crippen molar-refractivity contribution in [3.05, 3.63) is 59.6 Å². The fourth-order valence-corrected chi connectivity index (χ4v) is 5.18. The number of nitrogens with zero attached hydrogens (tertiary/aromatic N) is 5. The first kappa shape index (κ1) is 27.9. The average Bonchev–Trinajstić information content (AvgIpc) is 3.42. The normalized spacial score (nSPS) is 20.2. The maximum atomic E-state index is 14.3. The van der Waals surface area contributed by atoms with Gasteiger partial charge in [0.25, 0.3) is 5.89 Å². The highest BCUT2D eigenvalue weighted by Gasteiger charge is 2.31. The molecular weight excluding hydrogens is 522 g/mol. The van der Waals surface area contributed by atoms with Crippen LogP contribution < -0.4 is 10.6 Å². The van der Waals surface area contributed by atoms with Crippen LogP contribution in [0.25, 0.3) is 11.5 Å². The third-order valence-corrected chi connectivity index (χ3v) is 7.29. The molecule has 0 saturated carbocycles. The van der Waals surface area contributed by atoms with Crippen molar-refractivity contribution in [3.8, 4) is 11.5 Å². The van der Waals surface area contributed by atoms with E-state index in [0.29, 0.717) is 68.3 Å². The molecule has 2 atom stereocenters. The van der Waals surface area contributed by atoms with Crippen LogP contribution in [0.15, 0.2) is 41.1 Å². The van der Waals surface area contributed by atoms with Crippen LogP contribution in [0.5, 0.6) is 0 Å². The lowest BCUT2D eigenvalue weighted by atomic mass is 9.85. The van der Waals surface area contributed by atoms with Gasteiger partial charge in [0.05, 0.1) is 17.8 Å². The molecule has 1 amide bonds. The second kappa shape index (κ2) is 12.3. The van der Waals surface area contributed by atoms with Crippen LogP contribution in [0.4, 0.5) is 19.4 Å². The molecule has 0 radical (unpaired) electrons. The number of anilines is 1. The van der Waals surface area contributed by atoms with Crippen LogP contribution in [0.3, 0.4) is 0 Å². The number of carbonyl (C=O) groups excluding carboxylic acids is 1. The van der Waals surface area contributed by atoms with E-state index in [0.717, 1.165) is 18.0 Å². The Labute approximate surface area is 231 Å². The molecule has 0 spiro atoms. The Bertz CT molecular complexity index is 1300. The van der Waals surface area contributed by atoms with Gasteiger partial charge in [-0.2, -0.15) is 4.98 Å². The quantitative estimate of drug-likeness (QED) is 0.455. The van der Waals surface area contributed by atoms with Gasteiger partial charge < -0.3 is 29.5 Å². The lowest BCUT2D eigenvalue weighted by Gasteiger charge is -2.37. The molecule has 2 aromatic heterocycles. The molecule has 5 rings (SSSR count). The number of piperidine rings is 2. The standard InChI is InChI=1S/C28H34F2N6O4/c1-17(2)39-28(37)35-10-7-20(8-11-35)38-16-25-33-27(40-34-25)18-3-6-26(32-14-18)36-12-9-21(24(31)15-36)22-13-19(29)4-5-23(22)30/h3-6,13-14,17,20-21,24H,7-12,15-16,31H2,1-2H3/t21-,24-/m1/s1. The summed E-state index contributed by atoms with van der Waals surface area (Å²) in [6.45, 7) is 6.10. The van der Waals surface area contributed by atoms with Crippen molar-refractivity contribution >= 4 is 11.9 Å². The Balaban J connectivity index is 1.11. The molecule has 12 heteroatoms. The zero-order valence-electron chi connectivity index (χ0n) is 22.6. The van der Waals surface area contributed by atoms with Crippen molar-refractivity contribution in [2.24, 2.45) is 5.73 Å². The molecule has 2 aliphatic heterocycles. The largest absolute Gasteiger partial charge is 0.447 e. The summed E-state index contributed by atoms with van der Waals surface area (Å²) in [6, 6.07) is 6.83. The lowest BCUT2D eigenvalue weighted by molar-refractivity contribution is -0.00899. The monoisotopic (exact) mass is 556 g/mol. The van der Waals surface area contributed by atoms with Gasteiger partial charge in [-0.25, -0.2) is 18.6 Å². The van der Waals surface area contributed by atoms with Crippen LogP contribution in [0.1, 0.15) is 50.4 Å². The number of benzene rings is 1. The Morgan fingerprint density at radius 2 is 1.95 bits per heavy atom. The summed E-state index contributed by atoms with van der Waals surface area (Å²) < 4.78 is 44.6. The van der Waals surface area contributed by atoms with E-state index in [1.165, 1.54) is 6.07 Å². The van der Waals surface area contributed by atoms with Crippen LogP contribution in [-0.2, 0) is 16.1 Å². The van der Waals surface area contributed by atoms with Gasteiger partial charge in [0.1, 0.15) is 24.1 Å². The molecule has 2 N–H and O–H groups in total. The van der Waals surface area contributed by atoms with E-state index in [-0.39, 0.29) is 36.9 Å². The topological polar surface area (TPSA) is 120 Å². The second-order valence-corrected chi connectivity index (χ2v) is 10.5. The zero-order chi connectivity index (χ0) is 28.2. The Morgan fingerprint density at radius 3 is 2.65 bits per heavy atom. The first-order valence-electron chi connectivity index (χ1n) is 13.6. The van der Waals surface area contributed by atoms with Gasteiger partial charge >= 0.3 is 6.09 Å². The van der Waals surface area contributed by atoms with E-state index in [9.17, 15) is 13.6 Å². The first-order chi connectivity index (χ1) is 19.3. The Morgan fingerprint density at radius 1 is 1.15 bits per heavy atom. The van der Waals surface area contributed by atoms with E-state index in [2.05, 4.69) is 15.1 Å². The number of ether oxygens (including phenoxy) is 2. The molecule has 0 bridgehead atoms. The van der Waals surface area contributed by atoms with Crippen molar-refractivity contribution in [2.75, 3.05) is 31.1 Å². The average molecular weight is 557 g/mol. The first-order valence-corrected chi connectivity index (χ1v) is 13.6. The van der Waals surface area contributed by atoms with Crippen LogP contribution in [0.2, 0.25) is 0 Å². The molecule has 1 aromatic carbocycles. The van der Waals surface area contributed by atoms with Gasteiger partial charge in [-0.05, 0) is 69.0 Å². The zero-order valence-corrected chi connectivity index (χ0v) is 22.6. The van der Waals surface area contributed by atoms with Crippen molar-refractivity contribution in [3.63, 3.8) is 0 Å². The third-order valence-electron chi connectivity index (χ3n) is 7.29. The summed E-state index contributed by atoms with van der Waals surface area (Å²) in [7, 11) is 0. The smallest absolute Gasteiger partial charge is 0.410 e. The molecule has 10 nitrogen and oxygen atoms in total. The molecule has 0 unspecified atom stereocenters. The SMILES string of the molecule is CC(C)OC(=O)N1CCC(OCc2noc(-c3ccc(N4CC[C@H](c5cc(F)ccc5F)[C@H](N)C4)nc3)n2)CC1. The van der Waals surface area contributed by atoms with Crippen molar-refractivity contribution in [1.29, 1.82) is 0 Å². The van der Waals surface area contributed by atoms with Crippen LogP contribution in [-0.4, -0.2) is 70.5 Å². The van der Waals surface area contributed by atoms with Crippen LogP contribution in [0, 0.1) is 11.6 Å². The summed E-state index contributed by atoms with van der Waals surface area (Å²) in [5, 5.41) is 4.02. The number of halogens is 2. The molecule has 2 aliphatic rings. The van der Waals surface area contributed by atoms with Crippen molar-refractivity contribution in [2.45, 2.75) is 63.9 Å². The lowest BCUT2D eigenvalue weighted by Crippen LogP contribution is -2.48. The number of hydrogen-bond acceptors (Lipinski definition) is 9. The van der Waals surface area contributed by atoms with Crippen molar-refractivity contribution < 1.29 is 27.6 Å². The highest BCUT2D eigenvalue weighted by Crippen LogP contribution is 2.32. The molecule has 4 heterocycles. The molecular formula is C28H34F2N6O4. The summed E-state index contributed by atoms with van der Waals surface area (Å²) >= 11 is 0. The summed E-state index contributed by atoms with van der Waals surface area (Å²) in [6.07, 6.45) is 3.23. The highest BCUT2D eigenvalue weighted by molar-refractivity contribution is 5.67. The van der Waals surface area contributed by atoms with E-state index in [1.807, 2.05) is 30.9 Å². The van der Waals surface area contributed by atoms with Gasteiger partial charge in [-0.15, -0.1) is 0 Å². The highest BCUT2D eigenvalue weighted by atomic mass is 19.1. The maximum Gasteiger partial charge on any atom is 0.410 e. The minimum atomic E-state index is -0.467. The fraction of sp³-hybridized carbons (Fsp3) is 0.500. The molecule has 40 heavy (non-hydrogen) atoms. The number of amides is 1. The maximum absolute atomic E-state index is 14.3.